The quantitative estimate of drug-likeness (QED) is 0.0965. The summed E-state index contributed by atoms with van der Waals surface area (Å²) in [7, 11) is 0. The van der Waals surface area contributed by atoms with Crippen LogP contribution in [0.15, 0.2) is 28.7 Å². The van der Waals surface area contributed by atoms with Crippen molar-refractivity contribution in [3.05, 3.63) is 28.7 Å². The standard InChI is InChI=1S/C26H42BrCl3N2O/c1-2-3-4-5-6-7-8-9-10-11-12-13-14-15-16-17-24(33)32-25(26(28,29)30)31-23-20-18-22(27)19-21-23/h18-21,25,31H,2-17H2,1H3,(H,32,33)/t25-/m0/s1. The van der Waals surface area contributed by atoms with E-state index in [-0.39, 0.29) is 5.91 Å². The van der Waals surface area contributed by atoms with Gasteiger partial charge in [-0.25, -0.2) is 0 Å². The fourth-order valence-corrected chi connectivity index (χ4v) is 4.39. The van der Waals surface area contributed by atoms with E-state index in [2.05, 4.69) is 33.5 Å². The second-order valence-electron chi connectivity index (χ2n) is 8.89. The SMILES string of the molecule is CCCCCCCCCCCCCCCCCC(=O)N[C@H](Nc1ccc(Br)cc1)C(Cl)(Cl)Cl. The third kappa shape index (κ3) is 17.0. The van der Waals surface area contributed by atoms with Crippen molar-refractivity contribution in [2.75, 3.05) is 5.32 Å². The van der Waals surface area contributed by atoms with Crippen molar-refractivity contribution >= 4 is 62.3 Å². The van der Waals surface area contributed by atoms with Crippen LogP contribution in [0, 0.1) is 0 Å². The first-order valence-electron chi connectivity index (χ1n) is 12.7. The molecule has 1 aromatic rings. The summed E-state index contributed by atoms with van der Waals surface area (Å²) >= 11 is 21.6. The van der Waals surface area contributed by atoms with Gasteiger partial charge in [-0.05, 0) is 30.7 Å². The Bertz CT molecular complexity index is 623. The molecule has 0 aliphatic heterocycles. The van der Waals surface area contributed by atoms with Gasteiger partial charge in [0.2, 0.25) is 9.70 Å². The van der Waals surface area contributed by atoms with Crippen molar-refractivity contribution in [3.63, 3.8) is 0 Å². The topological polar surface area (TPSA) is 41.1 Å². The molecule has 1 rings (SSSR count). The van der Waals surface area contributed by atoms with E-state index < -0.39 is 9.96 Å². The fraction of sp³-hybridized carbons (Fsp3) is 0.731. The second-order valence-corrected chi connectivity index (χ2v) is 12.2. The van der Waals surface area contributed by atoms with Crippen LogP contribution in [0.4, 0.5) is 5.69 Å². The summed E-state index contributed by atoms with van der Waals surface area (Å²) in [5.74, 6) is -0.106. The minimum Gasteiger partial charge on any atom is -0.362 e. The molecule has 0 saturated carbocycles. The first-order chi connectivity index (χ1) is 15.8. The summed E-state index contributed by atoms with van der Waals surface area (Å²) < 4.78 is -0.701. The van der Waals surface area contributed by atoms with Gasteiger partial charge in [0.05, 0.1) is 0 Å². The first kappa shape index (κ1) is 30.9. The van der Waals surface area contributed by atoms with Crippen LogP contribution in [0.1, 0.15) is 110 Å². The Kier molecular flexibility index (Phi) is 17.8. The Morgan fingerprint density at radius 3 is 1.64 bits per heavy atom. The molecule has 2 N–H and O–H groups in total. The number of halogens is 4. The maximum Gasteiger partial charge on any atom is 0.228 e. The number of amides is 1. The number of carbonyl (C=O) groups is 1. The molecule has 3 nitrogen and oxygen atoms in total. The van der Waals surface area contributed by atoms with Gasteiger partial charge in [-0.3, -0.25) is 4.79 Å². The summed E-state index contributed by atoms with van der Waals surface area (Å²) in [6.45, 7) is 2.27. The lowest BCUT2D eigenvalue weighted by atomic mass is 10.0. The van der Waals surface area contributed by atoms with Crippen LogP contribution in [0.5, 0.6) is 0 Å². The molecule has 0 unspecified atom stereocenters. The monoisotopic (exact) mass is 582 g/mol. The largest absolute Gasteiger partial charge is 0.362 e. The van der Waals surface area contributed by atoms with Gasteiger partial charge < -0.3 is 10.6 Å². The highest BCUT2D eigenvalue weighted by atomic mass is 79.9. The zero-order valence-electron chi connectivity index (χ0n) is 20.1. The third-order valence-electron chi connectivity index (χ3n) is 5.80. The Labute approximate surface area is 225 Å². The molecular weight excluding hydrogens is 543 g/mol. The molecule has 7 heteroatoms. The summed E-state index contributed by atoms with van der Waals surface area (Å²) in [6, 6.07) is 7.48. The molecule has 0 radical (unpaired) electrons. The van der Waals surface area contributed by atoms with E-state index in [1.807, 2.05) is 24.3 Å². The first-order valence-corrected chi connectivity index (χ1v) is 14.6. The minimum absolute atomic E-state index is 0.106. The second kappa shape index (κ2) is 19.1. The molecule has 1 atom stereocenters. The predicted molar refractivity (Wildman–Crippen MR) is 150 cm³/mol. The summed E-state index contributed by atoms with van der Waals surface area (Å²) in [5.41, 5.74) is 0.766. The highest BCUT2D eigenvalue weighted by Gasteiger charge is 2.33. The molecule has 0 bridgehead atoms. The number of benzene rings is 1. The van der Waals surface area contributed by atoms with E-state index in [0.717, 1.165) is 23.0 Å². The lowest BCUT2D eigenvalue weighted by Crippen LogP contribution is -2.49. The molecule has 0 spiro atoms. The number of carbonyl (C=O) groups excluding carboxylic acids is 1. The van der Waals surface area contributed by atoms with E-state index >= 15 is 0 Å². The fourth-order valence-electron chi connectivity index (χ4n) is 3.80. The molecule has 0 aliphatic carbocycles. The Morgan fingerprint density at radius 1 is 0.788 bits per heavy atom. The summed E-state index contributed by atoms with van der Waals surface area (Å²) in [6.07, 6.45) is 19.1. The van der Waals surface area contributed by atoms with Crippen molar-refractivity contribution in [2.24, 2.45) is 0 Å². The summed E-state index contributed by atoms with van der Waals surface area (Å²) in [4.78, 5) is 12.3. The number of alkyl halides is 3. The number of anilines is 1. The highest BCUT2D eigenvalue weighted by molar-refractivity contribution is 9.10. The molecule has 0 fully saturated rings. The molecule has 1 aromatic carbocycles. The van der Waals surface area contributed by atoms with Gasteiger partial charge >= 0.3 is 0 Å². The number of hydrogen-bond acceptors (Lipinski definition) is 2. The van der Waals surface area contributed by atoms with Gasteiger partial charge in [-0.2, -0.15) is 0 Å². The average molecular weight is 585 g/mol. The Morgan fingerprint density at radius 2 is 1.21 bits per heavy atom. The van der Waals surface area contributed by atoms with Gasteiger partial charge in [0.15, 0.2) is 0 Å². The van der Waals surface area contributed by atoms with Crippen LogP contribution >= 0.6 is 50.7 Å². The zero-order valence-corrected chi connectivity index (χ0v) is 24.0. The Hall–Kier alpha value is -0.160. The van der Waals surface area contributed by atoms with Crippen LogP contribution in [0.3, 0.4) is 0 Å². The van der Waals surface area contributed by atoms with Gasteiger partial charge in [0.1, 0.15) is 6.17 Å². The van der Waals surface area contributed by atoms with Crippen LogP contribution < -0.4 is 10.6 Å². The zero-order chi connectivity index (χ0) is 24.4. The number of rotatable bonds is 19. The van der Waals surface area contributed by atoms with Crippen LogP contribution in [-0.2, 0) is 4.79 Å². The number of nitrogens with one attached hydrogen (secondary N) is 2. The lowest BCUT2D eigenvalue weighted by molar-refractivity contribution is -0.121. The van der Waals surface area contributed by atoms with Crippen molar-refractivity contribution in [1.29, 1.82) is 0 Å². The van der Waals surface area contributed by atoms with Gasteiger partial charge in [-0.1, -0.05) is 148 Å². The smallest absolute Gasteiger partial charge is 0.228 e. The Balaban J connectivity index is 2.05. The molecule has 0 aromatic heterocycles. The van der Waals surface area contributed by atoms with E-state index in [0.29, 0.717) is 6.42 Å². The van der Waals surface area contributed by atoms with E-state index in [9.17, 15) is 4.79 Å². The van der Waals surface area contributed by atoms with Crippen LogP contribution in [-0.4, -0.2) is 15.9 Å². The van der Waals surface area contributed by atoms with Crippen molar-refractivity contribution in [3.8, 4) is 0 Å². The minimum atomic E-state index is -1.65. The van der Waals surface area contributed by atoms with Crippen molar-refractivity contribution in [2.45, 2.75) is 120 Å². The van der Waals surface area contributed by atoms with E-state index in [1.165, 1.54) is 83.5 Å². The van der Waals surface area contributed by atoms with Gasteiger partial charge in [0, 0.05) is 16.6 Å². The van der Waals surface area contributed by atoms with Crippen molar-refractivity contribution < 1.29 is 4.79 Å². The molecule has 190 valence electrons. The maximum absolute atomic E-state index is 12.3. The lowest BCUT2D eigenvalue weighted by Gasteiger charge is -2.27. The normalized spacial score (nSPS) is 12.5. The average Bonchev–Trinajstić information content (AvgIpc) is 2.76. The van der Waals surface area contributed by atoms with Gasteiger partial charge in [-0.15, -0.1) is 0 Å². The maximum atomic E-state index is 12.3. The highest BCUT2D eigenvalue weighted by Crippen LogP contribution is 2.31. The summed E-state index contributed by atoms with van der Waals surface area (Å²) in [5, 5.41) is 5.89. The van der Waals surface area contributed by atoms with Gasteiger partial charge in [0.25, 0.3) is 0 Å². The predicted octanol–water partition coefficient (Wildman–Crippen LogP) is 9.93. The van der Waals surface area contributed by atoms with Crippen molar-refractivity contribution in [1.82, 2.24) is 5.32 Å². The van der Waals surface area contributed by atoms with Crippen LogP contribution in [0.2, 0.25) is 0 Å². The molecule has 0 aliphatic rings. The third-order valence-corrected chi connectivity index (χ3v) is 6.98. The molecular formula is C26H42BrCl3N2O. The molecule has 0 saturated heterocycles. The van der Waals surface area contributed by atoms with E-state index in [4.69, 9.17) is 34.8 Å². The molecule has 1 amide bonds. The molecule has 33 heavy (non-hydrogen) atoms. The molecule has 0 heterocycles. The van der Waals surface area contributed by atoms with E-state index in [1.54, 1.807) is 0 Å². The number of unbranched alkanes of at least 4 members (excludes halogenated alkanes) is 14. The number of hydrogen-bond donors (Lipinski definition) is 2. The van der Waals surface area contributed by atoms with Crippen LogP contribution in [0.25, 0.3) is 0 Å².